The summed E-state index contributed by atoms with van der Waals surface area (Å²) in [6, 6.07) is 0.629. The predicted molar refractivity (Wildman–Crippen MR) is 70.5 cm³/mol. The summed E-state index contributed by atoms with van der Waals surface area (Å²) in [5, 5.41) is 13.3. The van der Waals surface area contributed by atoms with Crippen molar-refractivity contribution in [3.05, 3.63) is 28.1 Å². The number of nitrogens with zero attached hydrogens (tertiary/aromatic N) is 2. The van der Waals surface area contributed by atoms with Gasteiger partial charge in [-0.15, -0.1) is 18.2 Å². The summed E-state index contributed by atoms with van der Waals surface area (Å²) >= 11 is 1.39. The molecule has 0 bridgehead atoms. The van der Waals surface area contributed by atoms with Crippen molar-refractivity contribution in [2.45, 2.75) is 6.18 Å². The Balaban J connectivity index is 2.85. The van der Waals surface area contributed by atoms with Crippen molar-refractivity contribution in [3.8, 4) is 12.3 Å². The van der Waals surface area contributed by atoms with E-state index in [9.17, 15) is 23.3 Å². The van der Waals surface area contributed by atoms with Crippen LogP contribution in [0, 0.1) is 22.5 Å². The minimum atomic E-state index is -4.65. The molecule has 0 aliphatic rings. The molecule has 0 amide bonds. The molecule has 0 radical (unpaired) electrons. The smallest absolute Gasteiger partial charge is 0.379 e. The number of anilines is 1. The van der Waals surface area contributed by atoms with Crippen LogP contribution in [0.4, 0.5) is 24.5 Å². The van der Waals surface area contributed by atoms with Crippen LogP contribution in [0.2, 0.25) is 0 Å². The highest BCUT2D eigenvalue weighted by atomic mass is 32.2. The molecule has 1 N–H and O–H groups in total. The van der Waals surface area contributed by atoms with E-state index < -0.39 is 22.5 Å². The molecule has 1 aromatic rings. The summed E-state index contributed by atoms with van der Waals surface area (Å²) in [7, 11) is 0. The highest BCUT2D eigenvalue weighted by Crippen LogP contribution is 2.32. The number of alkyl halides is 3. The van der Waals surface area contributed by atoms with Crippen LogP contribution in [0.1, 0.15) is 5.69 Å². The Labute approximate surface area is 117 Å². The Kier molecular flexibility index (Phi) is 5.64. The molecule has 9 heteroatoms. The minimum Gasteiger partial charge on any atom is -0.379 e. The van der Waals surface area contributed by atoms with E-state index in [0.717, 1.165) is 0 Å². The van der Waals surface area contributed by atoms with Gasteiger partial charge < -0.3 is 5.32 Å². The molecule has 1 heterocycles. The maximum atomic E-state index is 12.5. The number of halogens is 3. The van der Waals surface area contributed by atoms with Crippen LogP contribution in [-0.2, 0) is 6.18 Å². The molecule has 1 aromatic heterocycles. The van der Waals surface area contributed by atoms with Gasteiger partial charge in [0.1, 0.15) is 17.6 Å². The van der Waals surface area contributed by atoms with Gasteiger partial charge >= 0.3 is 11.9 Å². The van der Waals surface area contributed by atoms with Crippen molar-refractivity contribution in [1.29, 1.82) is 0 Å². The van der Waals surface area contributed by atoms with Gasteiger partial charge in [-0.1, -0.05) is 5.92 Å². The second-order valence-electron chi connectivity index (χ2n) is 3.53. The normalized spacial score (nSPS) is 10.9. The molecule has 0 aromatic carbocycles. The summed E-state index contributed by atoms with van der Waals surface area (Å²) in [5.74, 6) is 3.38. The average Bonchev–Trinajstić information content (AvgIpc) is 2.37. The standard InChI is InChI=1S/C11H10F3N3O2S/c1-2-4-20-5-3-15-8-6-10(11(12,13)14)16-7-9(8)17(18)19/h1,6-7H,3-5H2,(H,15,16). The van der Waals surface area contributed by atoms with Crippen LogP contribution in [0.25, 0.3) is 0 Å². The zero-order valence-electron chi connectivity index (χ0n) is 10.1. The molecule has 20 heavy (non-hydrogen) atoms. The summed E-state index contributed by atoms with van der Waals surface area (Å²) in [5.41, 5.74) is -1.89. The number of terminal acetylenes is 1. The Morgan fingerprint density at radius 2 is 2.25 bits per heavy atom. The predicted octanol–water partition coefficient (Wildman–Crippen LogP) is 2.79. The molecular weight excluding hydrogens is 295 g/mol. The van der Waals surface area contributed by atoms with E-state index >= 15 is 0 Å². The van der Waals surface area contributed by atoms with Gasteiger partial charge in [0, 0.05) is 12.3 Å². The van der Waals surface area contributed by atoms with Gasteiger partial charge in [0.25, 0.3) is 0 Å². The van der Waals surface area contributed by atoms with Gasteiger partial charge in [0.05, 0.1) is 10.7 Å². The maximum absolute atomic E-state index is 12.5. The second kappa shape index (κ2) is 7.00. The van der Waals surface area contributed by atoms with Crippen LogP contribution < -0.4 is 5.32 Å². The first-order chi connectivity index (χ1) is 9.36. The number of pyridine rings is 1. The quantitative estimate of drug-likeness (QED) is 0.379. The summed E-state index contributed by atoms with van der Waals surface area (Å²) in [6.07, 6.45) is 0.988. The minimum absolute atomic E-state index is 0.210. The van der Waals surface area contributed by atoms with Gasteiger partial charge in [0.2, 0.25) is 0 Å². The largest absolute Gasteiger partial charge is 0.433 e. The maximum Gasteiger partial charge on any atom is 0.433 e. The summed E-state index contributed by atoms with van der Waals surface area (Å²) in [4.78, 5) is 13.0. The first kappa shape index (κ1) is 16.1. The molecule has 0 atom stereocenters. The fourth-order valence-corrected chi connectivity index (χ4v) is 1.79. The zero-order chi connectivity index (χ0) is 15.2. The SMILES string of the molecule is C#CCSCCNc1cc(C(F)(F)F)ncc1[N+](=O)[O-]. The van der Waals surface area contributed by atoms with Gasteiger partial charge in [-0.2, -0.15) is 13.2 Å². The second-order valence-corrected chi connectivity index (χ2v) is 4.63. The van der Waals surface area contributed by atoms with Crippen molar-refractivity contribution < 1.29 is 18.1 Å². The van der Waals surface area contributed by atoms with Crippen molar-refractivity contribution in [1.82, 2.24) is 4.98 Å². The fraction of sp³-hybridized carbons (Fsp3) is 0.364. The molecule has 0 spiro atoms. The lowest BCUT2D eigenvalue weighted by atomic mass is 10.2. The van der Waals surface area contributed by atoms with E-state index in [4.69, 9.17) is 6.42 Å². The van der Waals surface area contributed by atoms with Crippen molar-refractivity contribution in [2.24, 2.45) is 0 Å². The van der Waals surface area contributed by atoms with Gasteiger partial charge in [-0.3, -0.25) is 10.1 Å². The number of thioether (sulfide) groups is 1. The summed E-state index contributed by atoms with van der Waals surface area (Å²) < 4.78 is 37.5. The topological polar surface area (TPSA) is 68.1 Å². The van der Waals surface area contributed by atoms with Crippen LogP contribution in [0.5, 0.6) is 0 Å². The number of hydrogen-bond acceptors (Lipinski definition) is 5. The molecule has 0 unspecified atom stereocenters. The van der Waals surface area contributed by atoms with E-state index in [-0.39, 0.29) is 12.2 Å². The number of rotatable bonds is 6. The molecule has 5 nitrogen and oxygen atoms in total. The lowest BCUT2D eigenvalue weighted by molar-refractivity contribution is -0.384. The van der Waals surface area contributed by atoms with Crippen LogP contribution >= 0.6 is 11.8 Å². The molecule has 0 aliphatic heterocycles. The van der Waals surface area contributed by atoms with Gasteiger partial charge in [-0.25, -0.2) is 4.98 Å². The average molecular weight is 305 g/mol. The lowest BCUT2D eigenvalue weighted by Gasteiger charge is -2.10. The van der Waals surface area contributed by atoms with Crippen molar-refractivity contribution >= 4 is 23.1 Å². The number of nitro groups is 1. The first-order valence-corrected chi connectivity index (χ1v) is 6.48. The molecule has 0 aliphatic carbocycles. The van der Waals surface area contributed by atoms with E-state index in [1.54, 1.807) is 0 Å². The van der Waals surface area contributed by atoms with Crippen molar-refractivity contribution in [2.75, 3.05) is 23.4 Å². The molecule has 1 rings (SSSR count). The third kappa shape index (κ3) is 4.62. The van der Waals surface area contributed by atoms with Gasteiger partial charge in [-0.05, 0) is 6.07 Å². The van der Waals surface area contributed by atoms with E-state index in [1.807, 2.05) is 0 Å². The van der Waals surface area contributed by atoms with E-state index in [1.165, 1.54) is 11.8 Å². The Hall–Kier alpha value is -1.95. The zero-order valence-corrected chi connectivity index (χ0v) is 10.9. The number of hydrogen-bond donors (Lipinski definition) is 1. The third-order valence-electron chi connectivity index (χ3n) is 2.12. The van der Waals surface area contributed by atoms with E-state index in [2.05, 4.69) is 16.2 Å². The monoisotopic (exact) mass is 305 g/mol. The Morgan fingerprint density at radius 1 is 1.55 bits per heavy atom. The van der Waals surface area contributed by atoms with Crippen molar-refractivity contribution in [3.63, 3.8) is 0 Å². The van der Waals surface area contributed by atoms with Gasteiger partial charge in [0.15, 0.2) is 0 Å². The fourth-order valence-electron chi connectivity index (χ4n) is 1.28. The molecule has 0 saturated carbocycles. The molecule has 0 saturated heterocycles. The number of aromatic nitrogens is 1. The lowest BCUT2D eigenvalue weighted by Crippen LogP contribution is -2.12. The molecule has 108 valence electrons. The van der Waals surface area contributed by atoms with Crippen LogP contribution in [0.15, 0.2) is 12.3 Å². The Morgan fingerprint density at radius 3 is 2.80 bits per heavy atom. The Bertz CT molecular complexity index is 529. The highest BCUT2D eigenvalue weighted by molar-refractivity contribution is 7.99. The highest BCUT2D eigenvalue weighted by Gasteiger charge is 2.34. The van der Waals surface area contributed by atoms with Crippen LogP contribution in [0.3, 0.4) is 0 Å². The number of nitrogens with one attached hydrogen (secondary N) is 1. The first-order valence-electron chi connectivity index (χ1n) is 5.33. The summed E-state index contributed by atoms with van der Waals surface area (Å²) in [6.45, 7) is 0.258. The third-order valence-corrected chi connectivity index (χ3v) is 2.98. The molecule has 0 fully saturated rings. The molecular formula is C11H10F3N3O2S. The van der Waals surface area contributed by atoms with Crippen LogP contribution in [-0.4, -0.2) is 28.0 Å². The van der Waals surface area contributed by atoms with E-state index in [0.29, 0.717) is 23.8 Å².